The number of carbonyl (C=O) groups is 1. The molecule has 0 fully saturated rings. The Morgan fingerprint density at radius 2 is 1.50 bits per heavy atom. The van der Waals surface area contributed by atoms with E-state index in [0.29, 0.717) is 15.7 Å². The largest absolute Gasteiger partial charge is 0.394 e. The van der Waals surface area contributed by atoms with E-state index in [0.717, 1.165) is 12.1 Å². The van der Waals surface area contributed by atoms with E-state index in [2.05, 4.69) is 5.32 Å². The smallest absolute Gasteiger partial charge is 0.255 e. The predicted molar refractivity (Wildman–Crippen MR) is 75.2 cm³/mol. The lowest BCUT2D eigenvalue weighted by atomic mass is 10.1. The fourth-order valence-corrected chi connectivity index (χ4v) is 2.07. The van der Waals surface area contributed by atoms with Crippen molar-refractivity contribution < 1.29 is 13.6 Å². The molecule has 3 nitrogen and oxygen atoms in total. The maximum Gasteiger partial charge on any atom is 0.255 e. The summed E-state index contributed by atoms with van der Waals surface area (Å²) in [7, 11) is 0. The van der Waals surface area contributed by atoms with Crippen LogP contribution >= 0.6 is 23.2 Å². The molecule has 20 heavy (non-hydrogen) atoms. The van der Waals surface area contributed by atoms with Crippen LogP contribution in [0.5, 0.6) is 0 Å². The number of rotatable bonds is 2. The first-order chi connectivity index (χ1) is 9.36. The second kappa shape index (κ2) is 5.64. The summed E-state index contributed by atoms with van der Waals surface area (Å²) < 4.78 is 26.6. The van der Waals surface area contributed by atoms with Gasteiger partial charge < -0.3 is 11.1 Å². The summed E-state index contributed by atoms with van der Waals surface area (Å²) >= 11 is 11.6. The molecule has 0 atom stereocenters. The Hall–Kier alpha value is -1.85. The average Bonchev–Trinajstić information content (AvgIpc) is 2.33. The SMILES string of the molecule is Nc1c(F)cc(C(=O)Nc2cc(Cl)cc(Cl)c2)cc1F. The van der Waals surface area contributed by atoms with E-state index in [9.17, 15) is 13.6 Å². The molecule has 104 valence electrons. The van der Waals surface area contributed by atoms with E-state index in [1.165, 1.54) is 18.2 Å². The molecule has 0 radical (unpaired) electrons. The lowest BCUT2D eigenvalue weighted by Crippen LogP contribution is -2.13. The molecule has 3 N–H and O–H groups in total. The van der Waals surface area contributed by atoms with E-state index in [1.54, 1.807) is 0 Å². The van der Waals surface area contributed by atoms with Crippen molar-refractivity contribution in [3.8, 4) is 0 Å². The number of hydrogen-bond acceptors (Lipinski definition) is 2. The van der Waals surface area contributed by atoms with E-state index in [-0.39, 0.29) is 5.56 Å². The summed E-state index contributed by atoms with van der Waals surface area (Å²) in [6.45, 7) is 0. The highest BCUT2D eigenvalue weighted by Gasteiger charge is 2.13. The topological polar surface area (TPSA) is 55.1 Å². The van der Waals surface area contributed by atoms with Gasteiger partial charge in [-0.1, -0.05) is 23.2 Å². The first kappa shape index (κ1) is 14.6. The Bertz CT molecular complexity index is 649. The van der Waals surface area contributed by atoms with Crippen LogP contribution in [0.25, 0.3) is 0 Å². The van der Waals surface area contributed by atoms with E-state index in [4.69, 9.17) is 28.9 Å². The van der Waals surface area contributed by atoms with Gasteiger partial charge in [0.05, 0.1) is 0 Å². The van der Waals surface area contributed by atoms with Crippen molar-refractivity contribution in [1.82, 2.24) is 0 Å². The summed E-state index contributed by atoms with van der Waals surface area (Å²) in [6, 6.07) is 6.09. The monoisotopic (exact) mass is 316 g/mol. The molecule has 0 aliphatic carbocycles. The second-order valence-corrected chi connectivity index (χ2v) is 4.84. The zero-order valence-corrected chi connectivity index (χ0v) is 11.4. The van der Waals surface area contributed by atoms with E-state index >= 15 is 0 Å². The molecular weight excluding hydrogens is 309 g/mol. The van der Waals surface area contributed by atoms with Gasteiger partial charge in [-0.25, -0.2) is 8.78 Å². The quantitative estimate of drug-likeness (QED) is 0.819. The molecule has 0 unspecified atom stereocenters. The van der Waals surface area contributed by atoms with Crippen molar-refractivity contribution in [2.24, 2.45) is 0 Å². The lowest BCUT2D eigenvalue weighted by Gasteiger charge is -2.08. The van der Waals surface area contributed by atoms with Gasteiger partial charge in [0.25, 0.3) is 5.91 Å². The van der Waals surface area contributed by atoms with E-state index in [1.807, 2.05) is 0 Å². The van der Waals surface area contributed by atoms with Crippen LogP contribution in [0.4, 0.5) is 20.2 Å². The molecule has 2 aromatic rings. The third-order valence-corrected chi connectivity index (χ3v) is 2.90. The van der Waals surface area contributed by atoms with Crippen LogP contribution in [0.2, 0.25) is 10.0 Å². The molecule has 0 aliphatic heterocycles. The summed E-state index contributed by atoms with van der Waals surface area (Å²) in [4.78, 5) is 11.9. The fraction of sp³-hybridized carbons (Fsp3) is 0. The number of anilines is 2. The van der Waals surface area contributed by atoms with Crippen molar-refractivity contribution in [3.05, 3.63) is 57.6 Å². The van der Waals surface area contributed by atoms with Gasteiger partial charge in [-0.15, -0.1) is 0 Å². The molecule has 2 rings (SSSR count). The minimum absolute atomic E-state index is 0.203. The van der Waals surface area contributed by atoms with Crippen LogP contribution in [0.15, 0.2) is 30.3 Å². The van der Waals surface area contributed by atoms with Crippen LogP contribution in [0, 0.1) is 11.6 Å². The van der Waals surface area contributed by atoms with Gasteiger partial charge in [-0.3, -0.25) is 4.79 Å². The standard InChI is InChI=1S/C13H8Cl2F2N2O/c14-7-3-8(15)5-9(4-7)19-13(20)6-1-10(16)12(18)11(17)2-6/h1-5H,18H2,(H,19,20). The summed E-state index contributed by atoms with van der Waals surface area (Å²) in [5, 5.41) is 3.08. The number of nitrogens with one attached hydrogen (secondary N) is 1. The van der Waals surface area contributed by atoms with Crippen LogP contribution in [0.3, 0.4) is 0 Å². The molecule has 0 saturated carbocycles. The third kappa shape index (κ3) is 3.18. The number of benzene rings is 2. The number of halogens is 4. The normalized spacial score (nSPS) is 10.4. The van der Waals surface area contributed by atoms with Crippen molar-refractivity contribution in [2.75, 3.05) is 11.1 Å². The van der Waals surface area contributed by atoms with Crippen LogP contribution in [0.1, 0.15) is 10.4 Å². The van der Waals surface area contributed by atoms with E-state index < -0.39 is 23.2 Å². The average molecular weight is 317 g/mol. The maximum atomic E-state index is 13.3. The first-order valence-electron chi connectivity index (χ1n) is 5.39. The third-order valence-electron chi connectivity index (χ3n) is 2.46. The maximum absolute atomic E-state index is 13.3. The number of carbonyl (C=O) groups excluding carboxylic acids is 1. The molecule has 0 aromatic heterocycles. The Morgan fingerprint density at radius 1 is 1.00 bits per heavy atom. The van der Waals surface area contributed by atoms with Gasteiger partial charge in [-0.2, -0.15) is 0 Å². The minimum Gasteiger partial charge on any atom is -0.394 e. The van der Waals surface area contributed by atoms with Crippen LogP contribution < -0.4 is 11.1 Å². The Labute approximate surface area is 123 Å². The highest BCUT2D eigenvalue weighted by atomic mass is 35.5. The predicted octanol–water partition coefficient (Wildman–Crippen LogP) is 4.11. The fourth-order valence-electron chi connectivity index (χ4n) is 1.54. The second-order valence-electron chi connectivity index (χ2n) is 3.97. The molecule has 2 aromatic carbocycles. The molecule has 0 heterocycles. The zero-order valence-electron chi connectivity index (χ0n) is 9.88. The molecule has 0 saturated heterocycles. The molecule has 7 heteroatoms. The molecule has 0 aliphatic rings. The summed E-state index contributed by atoms with van der Waals surface area (Å²) in [5.41, 5.74) is 4.60. The molecule has 1 amide bonds. The molecular formula is C13H8Cl2F2N2O. The summed E-state index contributed by atoms with van der Waals surface area (Å²) in [6.07, 6.45) is 0. The van der Waals surface area contributed by atoms with Gasteiger partial charge >= 0.3 is 0 Å². The lowest BCUT2D eigenvalue weighted by molar-refractivity contribution is 0.102. The highest BCUT2D eigenvalue weighted by molar-refractivity contribution is 6.35. The Balaban J connectivity index is 2.28. The number of amides is 1. The Morgan fingerprint density at radius 3 is 2.00 bits per heavy atom. The van der Waals surface area contributed by atoms with Gasteiger partial charge in [0.2, 0.25) is 0 Å². The van der Waals surface area contributed by atoms with Gasteiger partial charge in [-0.05, 0) is 30.3 Å². The number of nitrogen functional groups attached to an aromatic ring is 1. The van der Waals surface area contributed by atoms with Crippen LogP contribution in [-0.2, 0) is 0 Å². The first-order valence-corrected chi connectivity index (χ1v) is 6.14. The van der Waals surface area contributed by atoms with Crippen molar-refractivity contribution in [1.29, 1.82) is 0 Å². The highest BCUT2D eigenvalue weighted by Crippen LogP contribution is 2.23. The zero-order chi connectivity index (χ0) is 14.9. The minimum atomic E-state index is -1.00. The number of nitrogens with two attached hydrogens (primary N) is 1. The molecule has 0 bridgehead atoms. The van der Waals surface area contributed by atoms with Crippen molar-refractivity contribution in [3.63, 3.8) is 0 Å². The Kier molecular flexibility index (Phi) is 4.11. The van der Waals surface area contributed by atoms with Crippen molar-refractivity contribution >= 4 is 40.5 Å². The summed E-state index contributed by atoms with van der Waals surface area (Å²) in [5.74, 6) is -2.71. The van der Waals surface area contributed by atoms with Gasteiger partial charge in [0.1, 0.15) is 17.3 Å². The van der Waals surface area contributed by atoms with Gasteiger partial charge in [0.15, 0.2) is 0 Å². The van der Waals surface area contributed by atoms with Gasteiger partial charge in [0, 0.05) is 21.3 Å². The van der Waals surface area contributed by atoms with Crippen LogP contribution in [-0.4, -0.2) is 5.91 Å². The number of hydrogen-bond donors (Lipinski definition) is 2. The van der Waals surface area contributed by atoms with Crippen molar-refractivity contribution in [2.45, 2.75) is 0 Å². The molecule has 0 spiro atoms.